The van der Waals surface area contributed by atoms with Gasteiger partial charge in [0.15, 0.2) is 6.29 Å². The molecule has 5 atom stereocenters. The number of ether oxygens (including phenoxy) is 2. The highest BCUT2D eigenvalue weighted by atomic mass is 16.7. The second-order valence-electron chi connectivity index (χ2n) is 11.3. The van der Waals surface area contributed by atoms with E-state index in [-0.39, 0.29) is 55.7 Å². The molecule has 0 aliphatic carbocycles. The molecule has 6 rings (SSSR count). The van der Waals surface area contributed by atoms with Crippen LogP contribution in [-0.2, 0) is 22.6 Å². The van der Waals surface area contributed by atoms with Crippen molar-refractivity contribution >= 4 is 11.8 Å². The monoisotopic (exact) mass is 556 g/mol. The Balaban J connectivity index is 1.21. The summed E-state index contributed by atoms with van der Waals surface area (Å²) < 4.78 is 13.2. The molecule has 0 radical (unpaired) electrons. The third-order valence-electron chi connectivity index (χ3n) is 8.72. The minimum atomic E-state index is -0.609. The first kappa shape index (κ1) is 27.8. The molecule has 2 N–H and O–H groups in total. The van der Waals surface area contributed by atoms with E-state index in [1.165, 1.54) is 4.90 Å². The topological polar surface area (TPSA) is 99.5 Å². The molecule has 8 heteroatoms. The molecule has 41 heavy (non-hydrogen) atoms. The van der Waals surface area contributed by atoms with Crippen LogP contribution in [0.15, 0.2) is 72.8 Å². The number of carbonyl (C=O) groups excluding carboxylic acids is 2. The van der Waals surface area contributed by atoms with Crippen LogP contribution in [0.2, 0.25) is 0 Å². The maximum Gasteiger partial charge on any atom is 0.261 e. The Morgan fingerprint density at radius 2 is 1.46 bits per heavy atom. The van der Waals surface area contributed by atoms with Crippen molar-refractivity contribution in [1.82, 2.24) is 9.80 Å². The van der Waals surface area contributed by atoms with E-state index in [1.54, 1.807) is 24.3 Å². The van der Waals surface area contributed by atoms with Crippen LogP contribution in [0.25, 0.3) is 0 Å². The van der Waals surface area contributed by atoms with Crippen LogP contribution in [0.1, 0.15) is 75.1 Å². The predicted molar refractivity (Wildman–Crippen MR) is 152 cm³/mol. The fraction of sp³-hybridized carbons (Fsp3) is 0.394. The van der Waals surface area contributed by atoms with Gasteiger partial charge in [-0.2, -0.15) is 0 Å². The van der Waals surface area contributed by atoms with E-state index in [0.717, 1.165) is 41.6 Å². The summed E-state index contributed by atoms with van der Waals surface area (Å²) in [5, 5.41) is 19.4. The van der Waals surface area contributed by atoms with Gasteiger partial charge < -0.3 is 19.7 Å². The van der Waals surface area contributed by atoms with Gasteiger partial charge in [-0.15, -0.1) is 0 Å². The average molecular weight is 557 g/mol. The van der Waals surface area contributed by atoms with Crippen molar-refractivity contribution in [3.05, 3.63) is 106 Å². The Labute approximate surface area is 240 Å². The Kier molecular flexibility index (Phi) is 8.01. The van der Waals surface area contributed by atoms with E-state index in [2.05, 4.69) is 11.8 Å². The predicted octanol–water partition coefficient (Wildman–Crippen LogP) is 4.22. The van der Waals surface area contributed by atoms with Gasteiger partial charge in [-0.25, -0.2) is 0 Å². The lowest BCUT2D eigenvalue weighted by Crippen LogP contribution is -2.46. The Morgan fingerprint density at radius 1 is 0.829 bits per heavy atom. The fourth-order valence-electron chi connectivity index (χ4n) is 6.25. The maximum atomic E-state index is 12.8. The Hall–Kier alpha value is -3.40. The molecule has 0 bridgehead atoms. The van der Waals surface area contributed by atoms with E-state index < -0.39 is 6.29 Å². The highest BCUT2D eigenvalue weighted by molar-refractivity contribution is 6.21. The van der Waals surface area contributed by atoms with Crippen LogP contribution >= 0.6 is 0 Å². The molecule has 3 aliphatic rings. The number of fused-ring (bicyclic) bond motifs is 1. The number of carbonyl (C=O) groups is 2. The summed E-state index contributed by atoms with van der Waals surface area (Å²) in [6.45, 7) is 4.10. The highest BCUT2D eigenvalue weighted by Crippen LogP contribution is 2.42. The van der Waals surface area contributed by atoms with Crippen molar-refractivity contribution in [2.24, 2.45) is 5.92 Å². The summed E-state index contributed by atoms with van der Waals surface area (Å²) in [5.41, 5.74) is 4.44. The van der Waals surface area contributed by atoms with Crippen LogP contribution in [0.4, 0.5) is 0 Å². The zero-order valence-corrected chi connectivity index (χ0v) is 23.2. The van der Waals surface area contributed by atoms with Crippen LogP contribution < -0.4 is 0 Å². The number of likely N-dealkylation sites (tertiary alicyclic amines) is 1. The summed E-state index contributed by atoms with van der Waals surface area (Å²) >= 11 is 0. The number of aliphatic hydroxyl groups excluding tert-OH is 2. The summed E-state index contributed by atoms with van der Waals surface area (Å²) in [7, 11) is 0. The molecule has 0 saturated carbocycles. The number of rotatable bonds is 8. The van der Waals surface area contributed by atoms with E-state index in [1.807, 2.05) is 48.5 Å². The molecule has 5 unspecified atom stereocenters. The van der Waals surface area contributed by atoms with Crippen molar-refractivity contribution < 1.29 is 29.3 Å². The number of hydrogen-bond donors (Lipinski definition) is 2. The third kappa shape index (κ3) is 5.46. The van der Waals surface area contributed by atoms with Gasteiger partial charge in [0.1, 0.15) is 0 Å². The lowest BCUT2D eigenvalue weighted by atomic mass is 9.90. The number of imide groups is 1. The quantitative estimate of drug-likeness (QED) is 0.401. The molecular weight excluding hydrogens is 520 g/mol. The van der Waals surface area contributed by atoms with Crippen LogP contribution in [0.5, 0.6) is 0 Å². The van der Waals surface area contributed by atoms with E-state index in [9.17, 15) is 19.8 Å². The van der Waals surface area contributed by atoms with Crippen molar-refractivity contribution in [3.63, 3.8) is 0 Å². The highest BCUT2D eigenvalue weighted by Gasteiger charge is 2.40. The smallest absolute Gasteiger partial charge is 0.261 e. The standard InChI is InChI=1S/C33H36N2O6/c1-21-29(18-34-16-4-5-26(34)20-37)40-33(41-30(21)24-12-10-23(19-36)11-13-24)25-14-8-22(9-15-25)17-35-31(38)27-6-2-3-7-28(27)32(35)39/h2-3,6-15,21,26,29-30,33,36-37H,4-5,16-20H2,1H3. The molecule has 3 aliphatic heterocycles. The first-order valence-electron chi connectivity index (χ1n) is 14.4. The minimum absolute atomic E-state index is 0.0136. The molecular formula is C33H36N2O6. The van der Waals surface area contributed by atoms with Crippen molar-refractivity contribution in [3.8, 4) is 0 Å². The van der Waals surface area contributed by atoms with Gasteiger partial charge in [-0.1, -0.05) is 67.6 Å². The Bertz CT molecular complexity index is 1360. The molecule has 3 aromatic carbocycles. The molecule has 0 spiro atoms. The number of benzene rings is 3. The second kappa shape index (κ2) is 11.8. The van der Waals surface area contributed by atoms with E-state index in [0.29, 0.717) is 17.7 Å². The summed E-state index contributed by atoms with van der Waals surface area (Å²) in [6, 6.07) is 22.6. The van der Waals surface area contributed by atoms with Gasteiger partial charge >= 0.3 is 0 Å². The zero-order chi connectivity index (χ0) is 28.5. The van der Waals surface area contributed by atoms with Gasteiger partial charge in [0.2, 0.25) is 0 Å². The molecule has 2 amide bonds. The van der Waals surface area contributed by atoms with Crippen LogP contribution in [0, 0.1) is 5.92 Å². The molecule has 214 valence electrons. The maximum absolute atomic E-state index is 12.8. The lowest BCUT2D eigenvalue weighted by Gasteiger charge is -2.43. The SMILES string of the molecule is CC1C(CN2CCCC2CO)OC(c2ccc(CN3C(=O)c4ccccc4C3=O)cc2)OC1c1ccc(CO)cc1. The molecule has 3 aromatic rings. The lowest BCUT2D eigenvalue weighted by molar-refractivity contribution is -0.276. The van der Waals surface area contributed by atoms with Gasteiger partial charge in [0.05, 0.1) is 43.1 Å². The van der Waals surface area contributed by atoms with Crippen LogP contribution in [-0.4, -0.2) is 63.7 Å². The normalized spacial score (nSPS) is 26.5. The first-order valence-corrected chi connectivity index (χ1v) is 14.4. The minimum Gasteiger partial charge on any atom is -0.395 e. The third-order valence-corrected chi connectivity index (χ3v) is 8.72. The number of hydrogen-bond acceptors (Lipinski definition) is 7. The molecule has 8 nitrogen and oxygen atoms in total. The molecule has 2 saturated heterocycles. The van der Waals surface area contributed by atoms with Gasteiger partial charge in [0.25, 0.3) is 11.8 Å². The van der Waals surface area contributed by atoms with Gasteiger partial charge in [-0.05, 0) is 48.2 Å². The fourth-order valence-corrected chi connectivity index (χ4v) is 6.25. The van der Waals surface area contributed by atoms with Crippen molar-refractivity contribution in [1.29, 1.82) is 0 Å². The first-order chi connectivity index (χ1) is 20.0. The average Bonchev–Trinajstić information content (AvgIpc) is 3.56. The van der Waals surface area contributed by atoms with Gasteiger partial charge in [-0.3, -0.25) is 19.4 Å². The zero-order valence-electron chi connectivity index (χ0n) is 23.2. The molecule has 2 fully saturated rings. The van der Waals surface area contributed by atoms with Gasteiger partial charge in [0, 0.05) is 24.1 Å². The van der Waals surface area contributed by atoms with E-state index >= 15 is 0 Å². The number of nitrogens with zero attached hydrogens (tertiary/aromatic N) is 2. The van der Waals surface area contributed by atoms with E-state index in [4.69, 9.17) is 9.47 Å². The summed E-state index contributed by atoms with van der Waals surface area (Å²) in [4.78, 5) is 29.2. The van der Waals surface area contributed by atoms with Crippen molar-refractivity contribution in [2.45, 2.75) is 57.5 Å². The molecule has 0 aromatic heterocycles. The largest absolute Gasteiger partial charge is 0.395 e. The van der Waals surface area contributed by atoms with Crippen LogP contribution in [0.3, 0.4) is 0 Å². The Morgan fingerprint density at radius 3 is 2.10 bits per heavy atom. The van der Waals surface area contributed by atoms with Crippen molar-refractivity contribution in [2.75, 3.05) is 19.7 Å². The summed E-state index contributed by atoms with van der Waals surface area (Å²) in [5.74, 6) is -0.494. The number of amides is 2. The molecule has 3 heterocycles. The second-order valence-corrected chi connectivity index (χ2v) is 11.3. The summed E-state index contributed by atoms with van der Waals surface area (Å²) in [6.07, 6.45) is 1.09. The number of aliphatic hydroxyl groups is 2.